The van der Waals surface area contributed by atoms with Crippen LogP contribution in [-0.4, -0.2) is 47.8 Å². The van der Waals surface area contributed by atoms with Gasteiger partial charge < -0.3 is 10.2 Å². The normalized spacial score (nSPS) is 23.5. The van der Waals surface area contributed by atoms with E-state index in [0.717, 1.165) is 4.90 Å². The smallest absolute Gasteiger partial charge is 0.342 e. The molecule has 0 radical (unpaired) electrons. The van der Waals surface area contributed by atoms with Gasteiger partial charge in [0.1, 0.15) is 11.6 Å². The van der Waals surface area contributed by atoms with E-state index in [-0.39, 0.29) is 12.5 Å². The first-order chi connectivity index (χ1) is 8.59. The molecule has 0 aromatic rings. The number of hydrogen-bond donors (Lipinski definition) is 1. The monoisotopic (exact) mass is 282 g/mol. The minimum atomic E-state index is -4.74. The number of alkyl halides is 3. The molecule has 1 aliphatic rings. The molecule has 1 aliphatic heterocycles. The quantitative estimate of drug-likeness (QED) is 0.838. The maximum absolute atomic E-state index is 12.0. The van der Waals surface area contributed by atoms with Gasteiger partial charge in [0.25, 0.3) is 0 Å². The summed E-state index contributed by atoms with van der Waals surface area (Å²) in [6, 6.07) is -0.689. The molecule has 0 aromatic carbocycles. The SMILES string of the molecule is CCC1NC(=O)C(C)(C)N(CCOC(F)(F)F)C1=O. The van der Waals surface area contributed by atoms with Crippen LogP contribution in [0.15, 0.2) is 0 Å². The standard InChI is InChI=1S/C11H17F3N2O3/c1-4-7-8(17)16(5-6-19-11(12,13)14)10(2,3)9(18)15-7/h7H,4-6H2,1-3H3,(H,15,18). The van der Waals surface area contributed by atoms with Crippen molar-refractivity contribution in [2.45, 2.75) is 45.1 Å². The minimum Gasteiger partial charge on any atom is -0.342 e. The number of piperazine rings is 1. The third-order valence-corrected chi connectivity index (χ3v) is 3.09. The fourth-order valence-electron chi connectivity index (χ4n) is 1.90. The molecule has 8 heteroatoms. The van der Waals surface area contributed by atoms with Crippen molar-refractivity contribution in [3.05, 3.63) is 0 Å². The van der Waals surface area contributed by atoms with Gasteiger partial charge in [0.2, 0.25) is 11.8 Å². The molecule has 1 fully saturated rings. The highest BCUT2D eigenvalue weighted by molar-refractivity contribution is 5.99. The van der Waals surface area contributed by atoms with Crippen LogP contribution in [0.25, 0.3) is 0 Å². The van der Waals surface area contributed by atoms with Crippen molar-refractivity contribution in [2.24, 2.45) is 0 Å². The second-order valence-corrected chi connectivity index (χ2v) is 4.78. The lowest BCUT2D eigenvalue weighted by molar-refractivity contribution is -0.325. The summed E-state index contributed by atoms with van der Waals surface area (Å²) in [5.41, 5.74) is -1.18. The number of hydrogen-bond acceptors (Lipinski definition) is 3. The van der Waals surface area contributed by atoms with Crippen molar-refractivity contribution in [1.29, 1.82) is 0 Å². The Kier molecular flexibility index (Phi) is 4.44. The van der Waals surface area contributed by atoms with Crippen LogP contribution >= 0.6 is 0 Å². The second kappa shape index (κ2) is 5.36. The lowest BCUT2D eigenvalue weighted by Gasteiger charge is -2.44. The van der Waals surface area contributed by atoms with Gasteiger partial charge in [-0.05, 0) is 20.3 Å². The highest BCUT2D eigenvalue weighted by atomic mass is 19.4. The molecular formula is C11H17F3N2O3. The molecule has 0 spiro atoms. The van der Waals surface area contributed by atoms with Gasteiger partial charge in [-0.15, -0.1) is 13.2 Å². The molecular weight excluding hydrogens is 265 g/mol. The topological polar surface area (TPSA) is 58.6 Å². The molecule has 0 aliphatic carbocycles. The molecule has 1 rings (SSSR count). The van der Waals surface area contributed by atoms with Gasteiger partial charge in [0.05, 0.1) is 6.61 Å². The largest absolute Gasteiger partial charge is 0.522 e. The summed E-state index contributed by atoms with van der Waals surface area (Å²) in [5.74, 6) is -0.774. The van der Waals surface area contributed by atoms with E-state index in [0.29, 0.717) is 6.42 Å². The maximum Gasteiger partial charge on any atom is 0.522 e. The molecule has 0 saturated carbocycles. The molecule has 1 unspecified atom stereocenters. The van der Waals surface area contributed by atoms with E-state index < -0.39 is 30.5 Å². The first kappa shape index (κ1) is 15.7. The van der Waals surface area contributed by atoms with Crippen LogP contribution in [0.1, 0.15) is 27.2 Å². The number of carbonyl (C=O) groups excluding carboxylic acids is 2. The Morgan fingerprint density at radius 2 is 1.95 bits per heavy atom. The lowest BCUT2D eigenvalue weighted by Crippen LogP contribution is -2.68. The summed E-state index contributed by atoms with van der Waals surface area (Å²) in [7, 11) is 0. The van der Waals surface area contributed by atoms with Gasteiger partial charge in [-0.3, -0.25) is 14.3 Å². The van der Waals surface area contributed by atoms with E-state index in [4.69, 9.17) is 0 Å². The second-order valence-electron chi connectivity index (χ2n) is 4.78. The first-order valence-electron chi connectivity index (χ1n) is 5.92. The van der Waals surface area contributed by atoms with Gasteiger partial charge in [0, 0.05) is 6.54 Å². The van der Waals surface area contributed by atoms with Crippen LogP contribution in [0, 0.1) is 0 Å². The van der Waals surface area contributed by atoms with Gasteiger partial charge in [-0.25, -0.2) is 0 Å². The van der Waals surface area contributed by atoms with Gasteiger partial charge >= 0.3 is 6.36 Å². The average Bonchev–Trinajstić information content (AvgIpc) is 2.27. The highest BCUT2D eigenvalue weighted by Gasteiger charge is 2.45. The number of ether oxygens (including phenoxy) is 1. The third kappa shape index (κ3) is 3.59. The van der Waals surface area contributed by atoms with E-state index in [2.05, 4.69) is 10.1 Å². The fraction of sp³-hybridized carbons (Fsp3) is 0.818. The van der Waals surface area contributed by atoms with Gasteiger partial charge in [-0.1, -0.05) is 6.92 Å². The van der Waals surface area contributed by atoms with Gasteiger partial charge in [0.15, 0.2) is 0 Å². The summed E-state index contributed by atoms with van der Waals surface area (Å²) in [6.07, 6.45) is -4.35. The summed E-state index contributed by atoms with van der Waals surface area (Å²) in [4.78, 5) is 25.0. The molecule has 110 valence electrons. The third-order valence-electron chi connectivity index (χ3n) is 3.09. The number of nitrogens with one attached hydrogen (secondary N) is 1. The number of carbonyl (C=O) groups is 2. The van der Waals surface area contributed by atoms with Crippen molar-refractivity contribution >= 4 is 11.8 Å². The molecule has 1 saturated heterocycles. The van der Waals surface area contributed by atoms with Gasteiger partial charge in [-0.2, -0.15) is 0 Å². The number of nitrogens with zero attached hydrogens (tertiary/aromatic N) is 1. The first-order valence-corrected chi connectivity index (χ1v) is 5.92. The average molecular weight is 282 g/mol. The summed E-state index contributed by atoms with van der Waals surface area (Å²) >= 11 is 0. The molecule has 2 amide bonds. The Bertz CT molecular complexity index is 369. The zero-order valence-electron chi connectivity index (χ0n) is 11.0. The van der Waals surface area contributed by atoms with E-state index in [1.807, 2.05) is 0 Å². The number of amides is 2. The van der Waals surface area contributed by atoms with Crippen LogP contribution in [0.2, 0.25) is 0 Å². The predicted molar refractivity (Wildman–Crippen MR) is 60.0 cm³/mol. The predicted octanol–water partition coefficient (Wildman–Crippen LogP) is 1.04. The summed E-state index contributed by atoms with van der Waals surface area (Å²) in [5, 5.41) is 2.55. The van der Waals surface area contributed by atoms with Crippen molar-refractivity contribution in [2.75, 3.05) is 13.2 Å². The molecule has 0 aromatic heterocycles. The zero-order chi connectivity index (χ0) is 14.8. The molecule has 1 heterocycles. The Balaban J connectivity index is 2.75. The van der Waals surface area contributed by atoms with Crippen LogP contribution in [0.4, 0.5) is 13.2 Å². The maximum atomic E-state index is 12.0. The van der Waals surface area contributed by atoms with Crippen molar-refractivity contribution in [3.8, 4) is 0 Å². The van der Waals surface area contributed by atoms with E-state index in [1.165, 1.54) is 13.8 Å². The molecule has 1 atom stereocenters. The van der Waals surface area contributed by atoms with Crippen LogP contribution in [-0.2, 0) is 14.3 Å². The number of rotatable bonds is 4. The molecule has 19 heavy (non-hydrogen) atoms. The van der Waals surface area contributed by atoms with E-state index in [9.17, 15) is 22.8 Å². The van der Waals surface area contributed by atoms with E-state index in [1.54, 1.807) is 6.92 Å². The summed E-state index contributed by atoms with van der Waals surface area (Å²) < 4.78 is 39.4. The van der Waals surface area contributed by atoms with Crippen molar-refractivity contribution < 1.29 is 27.5 Å². The highest BCUT2D eigenvalue weighted by Crippen LogP contribution is 2.23. The Labute approximate surface area is 109 Å². The van der Waals surface area contributed by atoms with E-state index >= 15 is 0 Å². The minimum absolute atomic E-state index is 0.282. The Morgan fingerprint density at radius 3 is 2.42 bits per heavy atom. The molecule has 0 bridgehead atoms. The Hall–Kier alpha value is -1.31. The lowest BCUT2D eigenvalue weighted by atomic mass is 9.95. The summed E-state index contributed by atoms with van der Waals surface area (Å²) in [6.45, 7) is 3.71. The van der Waals surface area contributed by atoms with Crippen LogP contribution < -0.4 is 5.32 Å². The fourth-order valence-corrected chi connectivity index (χ4v) is 1.90. The zero-order valence-corrected chi connectivity index (χ0v) is 11.0. The van der Waals surface area contributed by atoms with Crippen molar-refractivity contribution in [3.63, 3.8) is 0 Å². The van der Waals surface area contributed by atoms with Crippen LogP contribution in [0.5, 0.6) is 0 Å². The van der Waals surface area contributed by atoms with Crippen LogP contribution in [0.3, 0.4) is 0 Å². The molecule has 1 N–H and O–H groups in total. The number of halogens is 3. The molecule has 5 nitrogen and oxygen atoms in total. The van der Waals surface area contributed by atoms with Crippen molar-refractivity contribution in [1.82, 2.24) is 10.2 Å². The Morgan fingerprint density at radius 1 is 1.37 bits per heavy atom.